The Labute approximate surface area is 126 Å². The van der Waals surface area contributed by atoms with E-state index in [1.807, 2.05) is 10.3 Å². The molecule has 0 aliphatic rings. The zero-order chi connectivity index (χ0) is 15.0. The second kappa shape index (κ2) is 9.05. The smallest absolute Gasteiger partial charge is 0.273 e. The summed E-state index contributed by atoms with van der Waals surface area (Å²) in [5.74, 6) is 0.0590. The molecule has 1 amide bonds. The molecule has 0 aliphatic heterocycles. The summed E-state index contributed by atoms with van der Waals surface area (Å²) in [7, 11) is 8.22. The molecule has 0 aromatic carbocycles. The molecule has 1 aromatic heterocycles. The third kappa shape index (κ3) is 6.45. The number of rotatable bonds is 9. The van der Waals surface area contributed by atoms with Crippen LogP contribution in [-0.4, -0.2) is 80.0 Å². The summed E-state index contributed by atoms with van der Waals surface area (Å²) in [6.07, 6.45) is 1.98. The maximum absolute atomic E-state index is 12.4. The van der Waals surface area contributed by atoms with E-state index in [4.69, 9.17) is 0 Å². The predicted molar refractivity (Wildman–Crippen MR) is 84.4 cm³/mol. The third-order valence-electron chi connectivity index (χ3n) is 3.01. The van der Waals surface area contributed by atoms with E-state index < -0.39 is 0 Å². The Balaban J connectivity index is 2.51. The first kappa shape index (κ1) is 17.1. The Bertz CT molecular complexity index is 365. The maximum Gasteiger partial charge on any atom is 0.273 e. The third-order valence-corrected chi connectivity index (χ3v) is 3.59. The number of thiazole rings is 1. The second-order valence-corrected chi connectivity index (χ2v) is 6.20. The van der Waals surface area contributed by atoms with Gasteiger partial charge in [-0.2, -0.15) is 0 Å². The lowest BCUT2D eigenvalue weighted by atomic mass is 10.3. The van der Waals surface area contributed by atoms with Crippen LogP contribution in [0.2, 0.25) is 0 Å². The van der Waals surface area contributed by atoms with Crippen LogP contribution in [0.5, 0.6) is 0 Å². The highest BCUT2D eigenvalue weighted by Gasteiger charge is 2.16. The molecule has 0 aliphatic carbocycles. The Morgan fingerprint density at radius 3 is 2.00 bits per heavy atom. The molecule has 1 aromatic rings. The van der Waals surface area contributed by atoms with Crippen LogP contribution < -0.4 is 0 Å². The van der Waals surface area contributed by atoms with E-state index in [2.05, 4.69) is 43.0 Å². The van der Waals surface area contributed by atoms with Crippen molar-refractivity contribution < 1.29 is 4.79 Å². The van der Waals surface area contributed by atoms with Crippen molar-refractivity contribution in [2.75, 3.05) is 54.4 Å². The van der Waals surface area contributed by atoms with E-state index in [0.29, 0.717) is 5.69 Å². The van der Waals surface area contributed by atoms with Crippen molar-refractivity contribution in [2.24, 2.45) is 0 Å². The van der Waals surface area contributed by atoms with Crippen LogP contribution in [0.25, 0.3) is 0 Å². The Hall–Kier alpha value is -0.980. The fraction of sp³-hybridized carbons (Fsp3) is 0.714. The lowest BCUT2D eigenvalue weighted by Gasteiger charge is -2.23. The van der Waals surface area contributed by atoms with Crippen molar-refractivity contribution in [2.45, 2.75) is 12.8 Å². The van der Waals surface area contributed by atoms with Crippen molar-refractivity contribution in [3.05, 3.63) is 16.6 Å². The van der Waals surface area contributed by atoms with Crippen LogP contribution in [0, 0.1) is 0 Å². The van der Waals surface area contributed by atoms with Gasteiger partial charge in [0, 0.05) is 18.5 Å². The first-order valence-electron chi connectivity index (χ1n) is 6.97. The van der Waals surface area contributed by atoms with Crippen LogP contribution in [0.4, 0.5) is 0 Å². The highest BCUT2D eigenvalue weighted by molar-refractivity contribution is 7.07. The van der Waals surface area contributed by atoms with Gasteiger partial charge in [-0.3, -0.25) is 4.79 Å². The van der Waals surface area contributed by atoms with E-state index in [9.17, 15) is 4.79 Å². The number of hydrogen-bond acceptors (Lipinski definition) is 5. The van der Waals surface area contributed by atoms with E-state index in [0.717, 1.165) is 39.0 Å². The van der Waals surface area contributed by atoms with Gasteiger partial charge in [0.25, 0.3) is 5.91 Å². The molecule has 0 unspecified atom stereocenters. The van der Waals surface area contributed by atoms with Crippen molar-refractivity contribution in [1.29, 1.82) is 0 Å². The quantitative estimate of drug-likeness (QED) is 0.692. The fourth-order valence-electron chi connectivity index (χ4n) is 1.95. The van der Waals surface area contributed by atoms with Gasteiger partial charge in [-0.1, -0.05) is 0 Å². The summed E-state index contributed by atoms with van der Waals surface area (Å²) in [5, 5.41) is 1.83. The molecule has 6 heteroatoms. The molecule has 0 N–H and O–H groups in total. The summed E-state index contributed by atoms with van der Waals surface area (Å²) in [6, 6.07) is 0. The van der Waals surface area contributed by atoms with Crippen LogP contribution in [0.1, 0.15) is 23.3 Å². The SMILES string of the molecule is CN(C)CCCN(CCCN(C)C)C(=O)c1cscn1. The summed E-state index contributed by atoms with van der Waals surface area (Å²) < 4.78 is 0. The minimum absolute atomic E-state index is 0.0590. The van der Waals surface area contributed by atoms with Crippen molar-refractivity contribution in [3.63, 3.8) is 0 Å². The number of carbonyl (C=O) groups excluding carboxylic acids is 1. The second-order valence-electron chi connectivity index (χ2n) is 5.48. The molecule has 0 bridgehead atoms. The molecule has 0 radical (unpaired) electrons. The van der Waals surface area contributed by atoms with E-state index in [1.165, 1.54) is 11.3 Å². The van der Waals surface area contributed by atoms with Crippen molar-refractivity contribution in [1.82, 2.24) is 19.7 Å². The molecular weight excluding hydrogens is 272 g/mol. The van der Waals surface area contributed by atoms with Gasteiger partial charge in [-0.05, 0) is 54.1 Å². The molecule has 0 atom stereocenters. The van der Waals surface area contributed by atoms with E-state index in [-0.39, 0.29) is 5.91 Å². The number of aromatic nitrogens is 1. The molecule has 0 saturated heterocycles. The largest absolute Gasteiger partial charge is 0.337 e. The number of carbonyl (C=O) groups is 1. The number of amides is 1. The molecule has 5 nitrogen and oxygen atoms in total. The normalized spacial score (nSPS) is 11.3. The van der Waals surface area contributed by atoms with Gasteiger partial charge in [0.1, 0.15) is 5.69 Å². The lowest BCUT2D eigenvalue weighted by Crippen LogP contribution is -2.35. The first-order chi connectivity index (χ1) is 9.50. The lowest BCUT2D eigenvalue weighted by molar-refractivity contribution is 0.0739. The average Bonchev–Trinajstić information content (AvgIpc) is 2.89. The Kier molecular flexibility index (Phi) is 7.72. The average molecular weight is 298 g/mol. The van der Waals surface area contributed by atoms with Gasteiger partial charge in [0.05, 0.1) is 5.51 Å². The number of nitrogens with zero attached hydrogens (tertiary/aromatic N) is 4. The van der Waals surface area contributed by atoms with Gasteiger partial charge in [-0.25, -0.2) is 4.98 Å². The predicted octanol–water partition coefficient (Wildman–Crippen LogP) is 1.49. The maximum atomic E-state index is 12.4. The topological polar surface area (TPSA) is 39.7 Å². The number of hydrogen-bond donors (Lipinski definition) is 0. The molecule has 1 rings (SSSR count). The van der Waals surface area contributed by atoms with Crippen LogP contribution >= 0.6 is 11.3 Å². The highest BCUT2D eigenvalue weighted by atomic mass is 32.1. The molecule has 20 heavy (non-hydrogen) atoms. The molecule has 114 valence electrons. The minimum Gasteiger partial charge on any atom is -0.337 e. The summed E-state index contributed by atoms with van der Waals surface area (Å²) in [5.41, 5.74) is 2.29. The minimum atomic E-state index is 0.0590. The Morgan fingerprint density at radius 2 is 1.60 bits per heavy atom. The van der Waals surface area contributed by atoms with Crippen LogP contribution in [-0.2, 0) is 0 Å². The zero-order valence-electron chi connectivity index (χ0n) is 13.0. The zero-order valence-corrected chi connectivity index (χ0v) is 13.8. The summed E-state index contributed by atoms with van der Waals surface area (Å²) in [4.78, 5) is 22.8. The highest BCUT2D eigenvalue weighted by Crippen LogP contribution is 2.07. The first-order valence-corrected chi connectivity index (χ1v) is 7.92. The summed E-state index contributed by atoms with van der Waals surface area (Å²) >= 11 is 1.47. The summed E-state index contributed by atoms with van der Waals surface area (Å²) in [6.45, 7) is 3.58. The van der Waals surface area contributed by atoms with Crippen LogP contribution in [0.15, 0.2) is 10.9 Å². The molecule has 0 spiro atoms. The van der Waals surface area contributed by atoms with Crippen LogP contribution in [0.3, 0.4) is 0 Å². The van der Waals surface area contributed by atoms with Gasteiger partial charge < -0.3 is 14.7 Å². The molecule has 1 heterocycles. The standard InChI is InChI=1S/C14H26N4OS/c1-16(2)7-5-9-18(10-6-8-17(3)4)14(19)13-11-20-12-15-13/h11-12H,5-10H2,1-4H3. The molecular formula is C14H26N4OS. The molecule has 0 saturated carbocycles. The van der Waals surface area contributed by atoms with Crippen molar-refractivity contribution in [3.8, 4) is 0 Å². The molecule has 0 fully saturated rings. The fourth-order valence-corrected chi connectivity index (χ4v) is 2.48. The van der Waals surface area contributed by atoms with Crippen molar-refractivity contribution >= 4 is 17.2 Å². The van der Waals surface area contributed by atoms with Gasteiger partial charge in [0.15, 0.2) is 0 Å². The van der Waals surface area contributed by atoms with E-state index >= 15 is 0 Å². The van der Waals surface area contributed by atoms with Gasteiger partial charge >= 0.3 is 0 Å². The monoisotopic (exact) mass is 298 g/mol. The van der Waals surface area contributed by atoms with Gasteiger partial charge in [-0.15, -0.1) is 11.3 Å². The van der Waals surface area contributed by atoms with E-state index in [1.54, 1.807) is 5.51 Å². The van der Waals surface area contributed by atoms with Gasteiger partial charge in [0.2, 0.25) is 0 Å². The Morgan fingerprint density at radius 1 is 1.05 bits per heavy atom.